The van der Waals surface area contributed by atoms with Crippen molar-refractivity contribution in [2.75, 3.05) is 6.54 Å². The predicted octanol–water partition coefficient (Wildman–Crippen LogP) is 2.83. The molecule has 24 heavy (non-hydrogen) atoms. The van der Waals surface area contributed by atoms with Gasteiger partial charge in [0.05, 0.1) is 5.25 Å². The van der Waals surface area contributed by atoms with E-state index in [1.807, 2.05) is 18.5 Å². The van der Waals surface area contributed by atoms with Gasteiger partial charge in [0.25, 0.3) is 0 Å². The number of thioether (sulfide) groups is 1. The lowest BCUT2D eigenvalue weighted by atomic mass is 10.3. The number of nitrogens with zero attached hydrogens (tertiary/aromatic N) is 3. The van der Waals surface area contributed by atoms with Gasteiger partial charge in [-0.3, -0.25) is 4.79 Å². The fraction of sp³-hybridized carbons (Fsp3) is 0.312. The molecule has 0 saturated carbocycles. The maximum absolute atomic E-state index is 11.9. The van der Waals surface area contributed by atoms with E-state index in [-0.39, 0.29) is 17.8 Å². The fourth-order valence-corrected chi connectivity index (χ4v) is 2.76. The Kier molecular flexibility index (Phi) is 6.69. The number of nitrogens with one attached hydrogen (secondary N) is 1. The van der Waals surface area contributed by atoms with Crippen LogP contribution in [0.15, 0.2) is 42.1 Å². The molecule has 0 bridgehead atoms. The summed E-state index contributed by atoms with van der Waals surface area (Å²) in [5.74, 6) is 1.31. The molecule has 0 fully saturated rings. The van der Waals surface area contributed by atoms with Crippen LogP contribution >= 0.6 is 23.4 Å². The predicted molar refractivity (Wildman–Crippen MR) is 95.3 cm³/mol. The van der Waals surface area contributed by atoms with Crippen LogP contribution in [-0.4, -0.2) is 32.5 Å². The molecule has 1 N–H and O–H groups in total. The van der Waals surface area contributed by atoms with Crippen LogP contribution in [0.4, 0.5) is 0 Å². The Hall–Kier alpha value is -1.99. The average molecular weight is 367 g/mol. The first-order chi connectivity index (χ1) is 11.5. The molecule has 0 radical (unpaired) electrons. The zero-order valence-electron chi connectivity index (χ0n) is 13.5. The minimum absolute atomic E-state index is 0.0677. The van der Waals surface area contributed by atoms with E-state index < -0.39 is 0 Å². The van der Waals surface area contributed by atoms with Gasteiger partial charge in [0.15, 0.2) is 11.0 Å². The molecule has 0 saturated heterocycles. The Labute approximate surface area is 150 Å². The van der Waals surface area contributed by atoms with Gasteiger partial charge in [0.1, 0.15) is 12.4 Å². The lowest BCUT2D eigenvalue weighted by Gasteiger charge is -2.10. The number of amides is 1. The molecule has 2 rings (SSSR count). The molecule has 128 valence electrons. The molecule has 1 unspecified atom stereocenters. The number of hydrogen-bond acceptors (Lipinski definition) is 5. The Morgan fingerprint density at radius 2 is 2.17 bits per heavy atom. The summed E-state index contributed by atoms with van der Waals surface area (Å²) < 4.78 is 7.48. The first kappa shape index (κ1) is 18.4. The van der Waals surface area contributed by atoms with Gasteiger partial charge in [-0.25, -0.2) is 0 Å². The summed E-state index contributed by atoms with van der Waals surface area (Å²) in [6.07, 6.45) is 1.64. The smallest absolute Gasteiger partial charge is 0.233 e. The van der Waals surface area contributed by atoms with Crippen molar-refractivity contribution in [2.45, 2.75) is 23.9 Å². The van der Waals surface area contributed by atoms with Gasteiger partial charge in [0.2, 0.25) is 5.91 Å². The number of aromatic nitrogens is 3. The van der Waals surface area contributed by atoms with Gasteiger partial charge >= 0.3 is 0 Å². The van der Waals surface area contributed by atoms with E-state index in [2.05, 4.69) is 22.1 Å². The normalized spacial score (nSPS) is 11.8. The summed E-state index contributed by atoms with van der Waals surface area (Å²) in [7, 11) is 1.84. The number of benzene rings is 1. The van der Waals surface area contributed by atoms with Crippen molar-refractivity contribution in [2.24, 2.45) is 7.05 Å². The summed E-state index contributed by atoms with van der Waals surface area (Å²) in [5.41, 5.74) is 0. The second-order valence-corrected chi connectivity index (χ2v) is 6.74. The summed E-state index contributed by atoms with van der Waals surface area (Å²) in [4.78, 5) is 11.9. The molecule has 8 heteroatoms. The van der Waals surface area contributed by atoms with E-state index in [1.54, 1.807) is 30.3 Å². The number of carbonyl (C=O) groups is 1. The number of rotatable bonds is 8. The van der Waals surface area contributed by atoms with Crippen molar-refractivity contribution >= 4 is 29.3 Å². The molecule has 1 heterocycles. The summed E-state index contributed by atoms with van der Waals surface area (Å²) in [6, 6.07) is 7.11. The third-order valence-electron chi connectivity index (χ3n) is 3.18. The highest BCUT2D eigenvalue weighted by atomic mass is 35.5. The van der Waals surface area contributed by atoms with E-state index in [0.29, 0.717) is 28.3 Å². The quantitative estimate of drug-likeness (QED) is 0.574. The van der Waals surface area contributed by atoms with Crippen LogP contribution in [0.5, 0.6) is 5.75 Å². The summed E-state index contributed by atoms with van der Waals surface area (Å²) in [5, 5.41) is 12.0. The van der Waals surface area contributed by atoms with Gasteiger partial charge < -0.3 is 14.6 Å². The molecule has 0 aliphatic heterocycles. The maximum atomic E-state index is 11.9. The monoisotopic (exact) mass is 366 g/mol. The SMILES string of the molecule is C=CCNC(=O)C(C)Sc1nnc(COc2ccc(Cl)cc2)n1C. The van der Waals surface area contributed by atoms with Gasteiger partial charge in [-0.15, -0.1) is 16.8 Å². The number of hydrogen-bond donors (Lipinski definition) is 1. The summed E-state index contributed by atoms with van der Waals surface area (Å²) >= 11 is 7.18. The van der Waals surface area contributed by atoms with E-state index in [9.17, 15) is 4.79 Å². The topological polar surface area (TPSA) is 69.0 Å². The molecule has 1 aromatic carbocycles. The van der Waals surface area contributed by atoms with E-state index >= 15 is 0 Å². The zero-order chi connectivity index (χ0) is 17.5. The van der Waals surface area contributed by atoms with Crippen molar-refractivity contribution < 1.29 is 9.53 Å². The van der Waals surface area contributed by atoms with E-state index in [4.69, 9.17) is 16.3 Å². The average Bonchev–Trinajstić information content (AvgIpc) is 2.92. The van der Waals surface area contributed by atoms with Crippen LogP contribution in [0.3, 0.4) is 0 Å². The first-order valence-corrected chi connectivity index (χ1v) is 8.59. The Bertz CT molecular complexity index is 703. The highest BCUT2D eigenvalue weighted by Crippen LogP contribution is 2.22. The standard InChI is InChI=1S/C16H19ClN4O2S/c1-4-9-18-15(22)11(2)24-16-20-19-14(21(16)3)10-23-13-7-5-12(17)6-8-13/h4-8,11H,1,9-10H2,2-3H3,(H,18,22). The second kappa shape index (κ2) is 8.75. The van der Waals surface area contributed by atoms with Crippen molar-refractivity contribution in [1.82, 2.24) is 20.1 Å². The molecule has 1 atom stereocenters. The molecular formula is C16H19ClN4O2S. The number of ether oxygens (including phenoxy) is 1. The van der Waals surface area contributed by atoms with Crippen molar-refractivity contribution in [3.63, 3.8) is 0 Å². The molecule has 0 aliphatic rings. The van der Waals surface area contributed by atoms with Gasteiger partial charge in [0, 0.05) is 18.6 Å². The molecule has 2 aromatic rings. The Morgan fingerprint density at radius 3 is 2.83 bits per heavy atom. The lowest BCUT2D eigenvalue weighted by molar-refractivity contribution is -0.120. The van der Waals surface area contributed by atoms with E-state index in [1.165, 1.54) is 11.8 Å². The minimum Gasteiger partial charge on any atom is -0.486 e. The van der Waals surface area contributed by atoms with Crippen LogP contribution in [-0.2, 0) is 18.4 Å². The third-order valence-corrected chi connectivity index (χ3v) is 4.56. The maximum Gasteiger partial charge on any atom is 0.233 e. The van der Waals surface area contributed by atoms with Crippen molar-refractivity contribution in [3.05, 3.63) is 47.8 Å². The molecule has 0 aliphatic carbocycles. The van der Waals surface area contributed by atoms with E-state index in [0.717, 1.165) is 0 Å². The Balaban J connectivity index is 1.94. The van der Waals surface area contributed by atoms with Crippen LogP contribution in [0.1, 0.15) is 12.7 Å². The highest BCUT2D eigenvalue weighted by molar-refractivity contribution is 8.00. The molecule has 1 amide bonds. The zero-order valence-corrected chi connectivity index (χ0v) is 15.1. The van der Waals surface area contributed by atoms with Crippen LogP contribution < -0.4 is 10.1 Å². The second-order valence-electron chi connectivity index (χ2n) is 4.99. The highest BCUT2D eigenvalue weighted by Gasteiger charge is 2.18. The minimum atomic E-state index is -0.280. The number of carbonyl (C=O) groups excluding carboxylic acids is 1. The third kappa shape index (κ3) is 5.01. The number of halogens is 1. The lowest BCUT2D eigenvalue weighted by Crippen LogP contribution is -2.31. The largest absolute Gasteiger partial charge is 0.486 e. The van der Waals surface area contributed by atoms with Crippen LogP contribution in [0, 0.1) is 0 Å². The molecule has 6 nitrogen and oxygen atoms in total. The van der Waals surface area contributed by atoms with Crippen molar-refractivity contribution in [1.29, 1.82) is 0 Å². The van der Waals surface area contributed by atoms with Crippen LogP contribution in [0.2, 0.25) is 5.02 Å². The van der Waals surface area contributed by atoms with Crippen LogP contribution in [0.25, 0.3) is 0 Å². The molecule has 1 aromatic heterocycles. The fourth-order valence-electron chi connectivity index (χ4n) is 1.78. The van der Waals surface area contributed by atoms with Crippen molar-refractivity contribution in [3.8, 4) is 5.75 Å². The Morgan fingerprint density at radius 1 is 1.46 bits per heavy atom. The first-order valence-electron chi connectivity index (χ1n) is 7.33. The molecular weight excluding hydrogens is 348 g/mol. The van der Waals surface area contributed by atoms with Gasteiger partial charge in [-0.05, 0) is 31.2 Å². The molecule has 0 spiro atoms. The van der Waals surface area contributed by atoms with Gasteiger partial charge in [-0.2, -0.15) is 0 Å². The summed E-state index contributed by atoms with van der Waals surface area (Å²) in [6.45, 7) is 6.12. The van der Waals surface area contributed by atoms with Gasteiger partial charge in [-0.1, -0.05) is 29.4 Å².